The van der Waals surface area contributed by atoms with E-state index in [-0.39, 0.29) is 17.9 Å². The van der Waals surface area contributed by atoms with Crippen molar-refractivity contribution < 1.29 is 18.3 Å². The van der Waals surface area contributed by atoms with Crippen molar-refractivity contribution in [3.8, 4) is 5.75 Å². The van der Waals surface area contributed by atoms with E-state index in [4.69, 9.17) is 4.42 Å². The third-order valence-corrected chi connectivity index (χ3v) is 4.43. The number of phenolic OH excluding ortho intramolecular Hbond substituents is 1. The van der Waals surface area contributed by atoms with Gasteiger partial charge < -0.3 is 14.8 Å². The Hall–Kier alpha value is -3.08. The summed E-state index contributed by atoms with van der Waals surface area (Å²) in [6, 6.07) is 12.7. The van der Waals surface area contributed by atoms with E-state index in [2.05, 4.69) is 18.8 Å². The third-order valence-electron chi connectivity index (χ3n) is 4.43. The first-order valence-corrected chi connectivity index (χ1v) is 8.73. The SMILES string of the molecule is C=C(NCc1c(F)cccc1F)c1ccc(Cc2cc(O)ccc2CC)o1. The van der Waals surface area contributed by atoms with Gasteiger partial charge in [0.05, 0.1) is 5.70 Å². The molecule has 2 N–H and O–H groups in total. The first-order chi connectivity index (χ1) is 13.0. The number of furan rings is 1. The molecule has 0 unspecified atom stereocenters. The highest BCUT2D eigenvalue weighted by atomic mass is 19.1. The molecule has 5 heteroatoms. The molecule has 1 aromatic heterocycles. The zero-order valence-electron chi connectivity index (χ0n) is 15.1. The molecule has 0 amide bonds. The number of hydrogen-bond acceptors (Lipinski definition) is 3. The van der Waals surface area contributed by atoms with Crippen molar-refractivity contribution in [1.29, 1.82) is 0 Å². The highest BCUT2D eigenvalue weighted by Crippen LogP contribution is 2.23. The van der Waals surface area contributed by atoms with Crippen molar-refractivity contribution in [3.63, 3.8) is 0 Å². The van der Waals surface area contributed by atoms with Crippen LogP contribution in [-0.2, 0) is 19.4 Å². The van der Waals surface area contributed by atoms with Crippen LogP contribution in [0.25, 0.3) is 5.70 Å². The number of phenols is 1. The van der Waals surface area contributed by atoms with Crippen molar-refractivity contribution in [1.82, 2.24) is 5.32 Å². The monoisotopic (exact) mass is 369 g/mol. The van der Waals surface area contributed by atoms with Crippen LogP contribution in [0.4, 0.5) is 8.78 Å². The molecule has 0 saturated heterocycles. The summed E-state index contributed by atoms with van der Waals surface area (Å²) in [5, 5.41) is 12.6. The molecule has 3 rings (SSSR count). The molecule has 140 valence electrons. The van der Waals surface area contributed by atoms with Crippen molar-refractivity contribution in [2.24, 2.45) is 0 Å². The van der Waals surface area contributed by atoms with Gasteiger partial charge in [-0.1, -0.05) is 25.6 Å². The molecule has 0 saturated carbocycles. The molecular weight excluding hydrogens is 348 g/mol. The number of aromatic hydroxyl groups is 1. The van der Waals surface area contributed by atoms with E-state index in [0.717, 1.165) is 17.5 Å². The summed E-state index contributed by atoms with van der Waals surface area (Å²) >= 11 is 0. The minimum Gasteiger partial charge on any atom is -0.508 e. The van der Waals surface area contributed by atoms with Crippen LogP contribution in [0.2, 0.25) is 0 Å². The van der Waals surface area contributed by atoms with E-state index in [9.17, 15) is 13.9 Å². The minimum atomic E-state index is -0.605. The van der Waals surface area contributed by atoms with Crippen LogP contribution in [0, 0.1) is 11.6 Å². The Labute approximate surface area is 157 Å². The first-order valence-electron chi connectivity index (χ1n) is 8.73. The predicted molar refractivity (Wildman–Crippen MR) is 101 cm³/mol. The topological polar surface area (TPSA) is 45.4 Å². The summed E-state index contributed by atoms with van der Waals surface area (Å²) in [7, 11) is 0. The molecule has 0 aliphatic carbocycles. The Morgan fingerprint density at radius 1 is 1.07 bits per heavy atom. The van der Waals surface area contributed by atoms with E-state index in [0.29, 0.717) is 23.6 Å². The van der Waals surface area contributed by atoms with Gasteiger partial charge in [-0.2, -0.15) is 0 Å². The molecule has 0 bridgehead atoms. The predicted octanol–water partition coefficient (Wildman–Crippen LogP) is 5.18. The van der Waals surface area contributed by atoms with Crippen LogP contribution < -0.4 is 5.32 Å². The standard InChI is InChI=1S/C22H21F2NO2/c1-3-15-7-8-17(26)11-16(15)12-18-9-10-22(27-18)14(2)25-13-19-20(23)5-4-6-21(19)24/h4-11,25-26H,2-3,12-13H2,1H3. The highest BCUT2D eigenvalue weighted by molar-refractivity contribution is 5.57. The zero-order chi connectivity index (χ0) is 19.4. The van der Waals surface area contributed by atoms with Gasteiger partial charge in [0.1, 0.15) is 28.9 Å². The van der Waals surface area contributed by atoms with Crippen molar-refractivity contribution >= 4 is 5.70 Å². The lowest BCUT2D eigenvalue weighted by Crippen LogP contribution is -2.13. The average Bonchev–Trinajstić information content (AvgIpc) is 3.10. The van der Waals surface area contributed by atoms with E-state index >= 15 is 0 Å². The fraction of sp³-hybridized carbons (Fsp3) is 0.182. The summed E-state index contributed by atoms with van der Waals surface area (Å²) in [6.07, 6.45) is 1.39. The Bertz CT molecular complexity index is 942. The number of hydrogen-bond donors (Lipinski definition) is 2. The lowest BCUT2D eigenvalue weighted by molar-refractivity contribution is 0.473. The maximum absolute atomic E-state index is 13.7. The van der Waals surface area contributed by atoms with Crippen molar-refractivity contribution in [2.75, 3.05) is 0 Å². The van der Waals surface area contributed by atoms with Crippen LogP contribution in [-0.4, -0.2) is 5.11 Å². The lowest BCUT2D eigenvalue weighted by Gasteiger charge is -2.09. The van der Waals surface area contributed by atoms with Gasteiger partial charge >= 0.3 is 0 Å². The summed E-state index contributed by atoms with van der Waals surface area (Å²) < 4.78 is 33.2. The van der Waals surface area contributed by atoms with Gasteiger partial charge in [-0.05, 0) is 53.9 Å². The summed E-state index contributed by atoms with van der Waals surface area (Å²) in [6.45, 7) is 5.90. The quantitative estimate of drug-likeness (QED) is 0.603. The second kappa shape index (κ2) is 8.08. The largest absolute Gasteiger partial charge is 0.508 e. The number of aryl methyl sites for hydroxylation is 1. The molecule has 3 nitrogen and oxygen atoms in total. The first kappa shape index (κ1) is 18.7. The summed E-state index contributed by atoms with van der Waals surface area (Å²) in [5.74, 6) is 0.218. The highest BCUT2D eigenvalue weighted by Gasteiger charge is 2.12. The average molecular weight is 369 g/mol. The fourth-order valence-corrected chi connectivity index (χ4v) is 2.93. The summed E-state index contributed by atoms with van der Waals surface area (Å²) in [4.78, 5) is 0. The van der Waals surface area contributed by atoms with Gasteiger partial charge in [0.25, 0.3) is 0 Å². The summed E-state index contributed by atoms with van der Waals surface area (Å²) in [5.41, 5.74) is 2.52. The van der Waals surface area contributed by atoms with E-state index in [1.807, 2.05) is 12.1 Å². The molecule has 3 aromatic rings. The van der Waals surface area contributed by atoms with Crippen LogP contribution in [0.3, 0.4) is 0 Å². The van der Waals surface area contributed by atoms with Crippen LogP contribution in [0.15, 0.2) is 59.5 Å². The third kappa shape index (κ3) is 4.37. The molecule has 0 atom stereocenters. The van der Waals surface area contributed by atoms with Gasteiger partial charge in [-0.3, -0.25) is 0 Å². The van der Waals surface area contributed by atoms with Crippen LogP contribution in [0.1, 0.15) is 35.1 Å². The Balaban J connectivity index is 1.68. The van der Waals surface area contributed by atoms with Gasteiger partial charge in [0.15, 0.2) is 0 Å². The van der Waals surface area contributed by atoms with E-state index in [1.54, 1.807) is 18.2 Å². The number of rotatable bonds is 7. The number of benzene rings is 2. The number of halogens is 2. The van der Waals surface area contributed by atoms with Gasteiger partial charge in [-0.25, -0.2) is 8.78 Å². The van der Waals surface area contributed by atoms with Gasteiger partial charge in [0.2, 0.25) is 0 Å². The maximum atomic E-state index is 13.7. The van der Waals surface area contributed by atoms with Gasteiger partial charge in [0, 0.05) is 18.5 Å². The zero-order valence-corrected chi connectivity index (χ0v) is 15.1. The normalized spacial score (nSPS) is 10.8. The van der Waals surface area contributed by atoms with Crippen LogP contribution in [0.5, 0.6) is 5.75 Å². The van der Waals surface area contributed by atoms with E-state index < -0.39 is 11.6 Å². The van der Waals surface area contributed by atoms with Crippen molar-refractivity contribution in [3.05, 3.63) is 95.0 Å². The molecule has 0 aliphatic rings. The van der Waals surface area contributed by atoms with Crippen molar-refractivity contribution in [2.45, 2.75) is 26.3 Å². The Morgan fingerprint density at radius 2 is 1.81 bits per heavy atom. The Morgan fingerprint density at radius 3 is 2.52 bits per heavy atom. The Kier molecular flexibility index (Phi) is 5.60. The smallest absolute Gasteiger partial charge is 0.149 e. The van der Waals surface area contributed by atoms with Gasteiger partial charge in [-0.15, -0.1) is 0 Å². The minimum absolute atomic E-state index is 0.0279. The molecular formula is C22H21F2NO2. The molecule has 1 heterocycles. The molecule has 2 aromatic carbocycles. The lowest BCUT2D eigenvalue weighted by atomic mass is 10.0. The maximum Gasteiger partial charge on any atom is 0.149 e. The molecule has 0 spiro atoms. The fourth-order valence-electron chi connectivity index (χ4n) is 2.93. The molecule has 27 heavy (non-hydrogen) atoms. The molecule has 0 fully saturated rings. The second-order valence-electron chi connectivity index (χ2n) is 6.28. The van der Waals surface area contributed by atoms with E-state index in [1.165, 1.54) is 18.2 Å². The second-order valence-corrected chi connectivity index (χ2v) is 6.28. The number of nitrogens with one attached hydrogen (secondary N) is 1. The molecule has 0 radical (unpaired) electrons. The van der Waals surface area contributed by atoms with Crippen LogP contribution >= 0.6 is 0 Å². The molecule has 0 aliphatic heterocycles.